The van der Waals surface area contributed by atoms with E-state index >= 15 is 0 Å². The van der Waals surface area contributed by atoms with Gasteiger partial charge in [0.05, 0.1) is 28.0 Å². The molecule has 134 valence electrons. The number of hydrogen-bond acceptors (Lipinski definition) is 4. The fourth-order valence-electron chi connectivity index (χ4n) is 3.47. The van der Waals surface area contributed by atoms with Crippen LogP contribution < -0.4 is 5.32 Å². The Hall–Kier alpha value is -3.06. The van der Waals surface area contributed by atoms with Crippen LogP contribution in [-0.4, -0.2) is 20.7 Å². The van der Waals surface area contributed by atoms with Gasteiger partial charge in [-0.25, -0.2) is 14.1 Å². The number of nitrogens with one attached hydrogen (secondary N) is 1. The van der Waals surface area contributed by atoms with E-state index in [0.717, 1.165) is 34.2 Å². The molecule has 0 saturated heterocycles. The molecule has 1 atom stereocenters. The number of aromatic nitrogens is 3. The third-order valence-corrected chi connectivity index (χ3v) is 5.84. The number of carbonyl (C=O) groups excluding carboxylic acids is 1. The second-order valence-electron chi connectivity index (χ2n) is 6.55. The minimum absolute atomic E-state index is 0.172. The van der Waals surface area contributed by atoms with Gasteiger partial charge in [-0.2, -0.15) is 5.10 Å². The van der Waals surface area contributed by atoms with Gasteiger partial charge in [-0.15, -0.1) is 0 Å². The van der Waals surface area contributed by atoms with Crippen LogP contribution in [0.25, 0.3) is 15.3 Å². The molecule has 1 unspecified atom stereocenters. The van der Waals surface area contributed by atoms with Gasteiger partial charge in [0.2, 0.25) is 5.13 Å². The lowest BCUT2D eigenvalue weighted by Gasteiger charge is -2.13. The van der Waals surface area contributed by atoms with Gasteiger partial charge in [-0.3, -0.25) is 4.79 Å². The average Bonchev–Trinajstić information content (AvgIpc) is 3.39. The van der Waals surface area contributed by atoms with E-state index in [1.165, 1.54) is 29.7 Å². The number of thiazole rings is 1. The molecule has 1 aliphatic carbocycles. The molecule has 1 aliphatic rings. The topological polar surface area (TPSA) is 59.8 Å². The maximum Gasteiger partial charge on any atom is 0.254 e. The van der Waals surface area contributed by atoms with Crippen LogP contribution in [0, 0.1) is 5.82 Å². The van der Waals surface area contributed by atoms with E-state index in [-0.39, 0.29) is 17.8 Å². The normalized spacial score (nSPS) is 15.8. The van der Waals surface area contributed by atoms with Gasteiger partial charge in [-0.1, -0.05) is 29.5 Å². The first-order chi connectivity index (χ1) is 13.2. The Kier molecular flexibility index (Phi) is 3.75. The van der Waals surface area contributed by atoms with E-state index in [0.29, 0.717) is 10.7 Å². The number of amides is 1. The summed E-state index contributed by atoms with van der Waals surface area (Å²) in [7, 11) is 0. The van der Waals surface area contributed by atoms with Gasteiger partial charge in [0.25, 0.3) is 5.91 Å². The van der Waals surface area contributed by atoms with Crippen molar-refractivity contribution in [2.24, 2.45) is 0 Å². The number of halogens is 1. The summed E-state index contributed by atoms with van der Waals surface area (Å²) in [5, 5.41) is 7.99. The van der Waals surface area contributed by atoms with Crippen LogP contribution in [0.4, 0.5) is 4.39 Å². The molecule has 2 aromatic heterocycles. The molecule has 0 aliphatic heterocycles. The molecule has 27 heavy (non-hydrogen) atoms. The molecule has 0 saturated carbocycles. The molecule has 0 bridgehead atoms. The van der Waals surface area contributed by atoms with Crippen molar-refractivity contribution >= 4 is 27.5 Å². The molecule has 2 heterocycles. The molecule has 7 heteroatoms. The number of fused-ring (bicyclic) bond motifs is 2. The first-order valence-corrected chi connectivity index (χ1v) is 9.49. The SMILES string of the molecule is O=C(NC1CCc2ccc(F)cc21)c1cnn(-c2nc3ccccc3s2)c1. The average molecular weight is 378 g/mol. The Morgan fingerprint density at radius 2 is 2.15 bits per heavy atom. The molecule has 0 fully saturated rings. The van der Waals surface area contributed by atoms with Crippen LogP contribution in [-0.2, 0) is 6.42 Å². The highest BCUT2D eigenvalue weighted by atomic mass is 32.1. The zero-order valence-corrected chi connectivity index (χ0v) is 15.0. The van der Waals surface area contributed by atoms with Crippen LogP contribution in [0.1, 0.15) is 33.9 Å². The monoisotopic (exact) mass is 378 g/mol. The first-order valence-electron chi connectivity index (χ1n) is 8.67. The van der Waals surface area contributed by atoms with Gasteiger partial charge in [0.1, 0.15) is 5.82 Å². The predicted octanol–water partition coefficient (Wildman–Crippen LogP) is 4.04. The predicted molar refractivity (Wildman–Crippen MR) is 102 cm³/mol. The zero-order chi connectivity index (χ0) is 18.4. The van der Waals surface area contributed by atoms with E-state index < -0.39 is 0 Å². The number of para-hydroxylation sites is 1. The number of aryl methyl sites for hydroxylation is 1. The van der Waals surface area contributed by atoms with Crippen molar-refractivity contribution in [3.8, 4) is 5.13 Å². The molecule has 0 spiro atoms. The third kappa shape index (κ3) is 2.90. The summed E-state index contributed by atoms with van der Waals surface area (Å²) in [6.07, 6.45) is 4.82. The fraction of sp³-hybridized carbons (Fsp3) is 0.150. The maximum atomic E-state index is 13.5. The second-order valence-corrected chi connectivity index (χ2v) is 7.55. The highest BCUT2D eigenvalue weighted by molar-refractivity contribution is 7.20. The number of hydrogen-bond donors (Lipinski definition) is 1. The van der Waals surface area contributed by atoms with Gasteiger partial charge >= 0.3 is 0 Å². The van der Waals surface area contributed by atoms with Crippen LogP contribution in [0.2, 0.25) is 0 Å². The summed E-state index contributed by atoms with van der Waals surface area (Å²) >= 11 is 1.52. The largest absolute Gasteiger partial charge is 0.345 e. The van der Waals surface area contributed by atoms with Crippen LogP contribution >= 0.6 is 11.3 Å². The van der Waals surface area contributed by atoms with Crippen molar-refractivity contribution in [3.05, 3.63) is 77.4 Å². The van der Waals surface area contributed by atoms with Crippen molar-refractivity contribution in [2.75, 3.05) is 0 Å². The van der Waals surface area contributed by atoms with Crippen molar-refractivity contribution in [2.45, 2.75) is 18.9 Å². The summed E-state index contributed by atoms with van der Waals surface area (Å²) in [5.74, 6) is -0.497. The van der Waals surface area contributed by atoms with E-state index in [9.17, 15) is 9.18 Å². The highest BCUT2D eigenvalue weighted by Gasteiger charge is 2.25. The summed E-state index contributed by atoms with van der Waals surface area (Å²) in [6.45, 7) is 0. The van der Waals surface area contributed by atoms with Gasteiger partial charge < -0.3 is 5.32 Å². The van der Waals surface area contributed by atoms with Gasteiger partial charge in [0.15, 0.2) is 0 Å². The molecule has 5 nitrogen and oxygen atoms in total. The molecule has 1 N–H and O–H groups in total. The third-order valence-electron chi connectivity index (χ3n) is 4.81. The van der Waals surface area contributed by atoms with Gasteiger partial charge in [-0.05, 0) is 48.2 Å². The fourth-order valence-corrected chi connectivity index (χ4v) is 4.37. The van der Waals surface area contributed by atoms with E-state index in [4.69, 9.17) is 0 Å². The molecular weight excluding hydrogens is 363 g/mol. The number of nitrogens with zero attached hydrogens (tertiary/aromatic N) is 3. The summed E-state index contributed by atoms with van der Waals surface area (Å²) in [4.78, 5) is 17.2. The van der Waals surface area contributed by atoms with E-state index in [1.807, 2.05) is 24.3 Å². The summed E-state index contributed by atoms with van der Waals surface area (Å²) in [6, 6.07) is 12.5. The number of rotatable bonds is 3. The molecule has 1 amide bonds. The van der Waals surface area contributed by atoms with E-state index in [1.54, 1.807) is 16.9 Å². The molecular formula is C20H15FN4OS. The lowest BCUT2D eigenvalue weighted by molar-refractivity contribution is 0.0936. The molecule has 0 radical (unpaired) electrons. The lowest BCUT2D eigenvalue weighted by Crippen LogP contribution is -2.26. The van der Waals surface area contributed by atoms with Crippen LogP contribution in [0.5, 0.6) is 0 Å². The minimum atomic E-state index is -0.279. The standard InChI is InChI=1S/C20H15FN4OS/c21-14-7-5-12-6-8-16(15(12)9-14)23-19(26)13-10-22-25(11-13)20-24-17-3-1-2-4-18(17)27-20/h1-5,7,9-11,16H,6,8H2,(H,23,26). The summed E-state index contributed by atoms with van der Waals surface area (Å²) in [5.41, 5.74) is 3.32. The Balaban J connectivity index is 1.37. The first kappa shape index (κ1) is 16.1. The zero-order valence-electron chi connectivity index (χ0n) is 14.2. The minimum Gasteiger partial charge on any atom is -0.345 e. The van der Waals surface area contributed by atoms with Crippen LogP contribution in [0.15, 0.2) is 54.9 Å². The maximum absolute atomic E-state index is 13.5. The Morgan fingerprint density at radius 1 is 1.26 bits per heavy atom. The number of carbonyl (C=O) groups is 1. The molecule has 2 aromatic carbocycles. The van der Waals surface area contributed by atoms with Crippen molar-refractivity contribution in [3.63, 3.8) is 0 Å². The van der Waals surface area contributed by atoms with Crippen LogP contribution in [0.3, 0.4) is 0 Å². The quantitative estimate of drug-likeness (QED) is 0.585. The highest BCUT2D eigenvalue weighted by Crippen LogP contribution is 2.32. The smallest absolute Gasteiger partial charge is 0.254 e. The Morgan fingerprint density at radius 3 is 3.04 bits per heavy atom. The number of benzene rings is 2. The summed E-state index contributed by atoms with van der Waals surface area (Å²) < 4.78 is 16.2. The van der Waals surface area contributed by atoms with Crippen molar-refractivity contribution in [1.29, 1.82) is 0 Å². The van der Waals surface area contributed by atoms with E-state index in [2.05, 4.69) is 15.4 Å². The van der Waals surface area contributed by atoms with Gasteiger partial charge in [0, 0.05) is 6.20 Å². The van der Waals surface area contributed by atoms with Crippen molar-refractivity contribution in [1.82, 2.24) is 20.1 Å². The second kappa shape index (κ2) is 6.28. The lowest BCUT2D eigenvalue weighted by atomic mass is 10.1. The molecule has 4 aromatic rings. The van der Waals surface area contributed by atoms with Crippen molar-refractivity contribution < 1.29 is 9.18 Å². The molecule has 5 rings (SSSR count). The Labute approximate surface area is 158 Å². The Bertz CT molecular complexity index is 1130.